The highest BCUT2D eigenvalue weighted by atomic mass is 16.5. The van der Waals surface area contributed by atoms with Gasteiger partial charge in [0.2, 0.25) is 0 Å². The van der Waals surface area contributed by atoms with E-state index in [1.807, 2.05) is 13.8 Å². The molecule has 0 radical (unpaired) electrons. The summed E-state index contributed by atoms with van der Waals surface area (Å²) in [5.74, 6) is 0. The van der Waals surface area contributed by atoms with Crippen LogP contribution in [0, 0.1) is 0 Å². The SMILES string of the molecule is CCOCCn1nnc(C=O)c1CC. The number of ether oxygens (including phenoxy) is 1. The summed E-state index contributed by atoms with van der Waals surface area (Å²) in [5.41, 5.74) is 1.31. The Balaban J connectivity index is 2.66. The van der Waals surface area contributed by atoms with Crippen LogP contribution in [0.15, 0.2) is 0 Å². The fourth-order valence-electron chi connectivity index (χ4n) is 1.28. The molecule has 1 rings (SSSR count). The lowest BCUT2D eigenvalue weighted by molar-refractivity contribution is 0.111. The first kappa shape index (κ1) is 10.8. The van der Waals surface area contributed by atoms with Crippen molar-refractivity contribution in [3.63, 3.8) is 0 Å². The van der Waals surface area contributed by atoms with Crippen molar-refractivity contribution in [3.8, 4) is 0 Å². The smallest absolute Gasteiger partial charge is 0.172 e. The minimum atomic E-state index is 0.434. The second-order valence-electron chi connectivity index (χ2n) is 2.81. The first-order valence-corrected chi connectivity index (χ1v) is 4.78. The predicted octanol–water partition coefficient (Wildman–Crippen LogP) is 0.690. The van der Waals surface area contributed by atoms with Gasteiger partial charge in [-0.05, 0) is 13.3 Å². The summed E-state index contributed by atoms with van der Waals surface area (Å²) in [6, 6.07) is 0. The lowest BCUT2D eigenvalue weighted by Gasteiger charge is -2.04. The molecular weight excluding hydrogens is 182 g/mol. The van der Waals surface area contributed by atoms with Crippen LogP contribution < -0.4 is 0 Å². The van der Waals surface area contributed by atoms with Gasteiger partial charge in [-0.3, -0.25) is 4.79 Å². The summed E-state index contributed by atoms with van der Waals surface area (Å²) in [6.45, 7) is 5.86. The Morgan fingerprint density at radius 1 is 1.50 bits per heavy atom. The van der Waals surface area contributed by atoms with Gasteiger partial charge in [0, 0.05) is 6.61 Å². The molecule has 0 aliphatic rings. The Morgan fingerprint density at radius 2 is 2.29 bits per heavy atom. The number of hydrogen-bond acceptors (Lipinski definition) is 4. The van der Waals surface area contributed by atoms with E-state index in [0.29, 0.717) is 25.5 Å². The van der Waals surface area contributed by atoms with E-state index in [-0.39, 0.29) is 0 Å². The van der Waals surface area contributed by atoms with Gasteiger partial charge in [-0.1, -0.05) is 12.1 Å². The Labute approximate surface area is 83.1 Å². The minimum Gasteiger partial charge on any atom is -0.380 e. The molecule has 1 aromatic rings. The molecule has 0 bridgehead atoms. The molecule has 5 heteroatoms. The standard InChI is InChI=1S/C9H15N3O2/c1-3-9-8(7-13)10-11-12(9)5-6-14-4-2/h7H,3-6H2,1-2H3. The third-order valence-corrected chi connectivity index (χ3v) is 1.97. The van der Waals surface area contributed by atoms with Crippen molar-refractivity contribution >= 4 is 6.29 Å². The normalized spacial score (nSPS) is 10.4. The number of hydrogen-bond donors (Lipinski definition) is 0. The highest BCUT2D eigenvalue weighted by molar-refractivity contribution is 5.73. The molecule has 14 heavy (non-hydrogen) atoms. The van der Waals surface area contributed by atoms with Gasteiger partial charge in [-0.15, -0.1) is 5.10 Å². The molecule has 0 saturated heterocycles. The second-order valence-corrected chi connectivity index (χ2v) is 2.81. The fourth-order valence-corrected chi connectivity index (χ4v) is 1.28. The molecule has 0 aliphatic heterocycles. The maximum Gasteiger partial charge on any atom is 0.172 e. The zero-order valence-electron chi connectivity index (χ0n) is 8.56. The molecule has 0 N–H and O–H groups in total. The maximum atomic E-state index is 10.6. The van der Waals surface area contributed by atoms with E-state index in [1.54, 1.807) is 4.68 Å². The second kappa shape index (κ2) is 5.49. The molecule has 0 aromatic carbocycles. The van der Waals surface area contributed by atoms with Crippen molar-refractivity contribution in [3.05, 3.63) is 11.4 Å². The Kier molecular flexibility index (Phi) is 4.25. The quantitative estimate of drug-likeness (QED) is 0.497. The molecule has 0 amide bonds. The van der Waals surface area contributed by atoms with Crippen LogP contribution in [0.1, 0.15) is 30.0 Å². The van der Waals surface area contributed by atoms with Crippen LogP contribution >= 0.6 is 0 Å². The largest absolute Gasteiger partial charge is 0.380 e. The van der Waals surface area contributed by atoms with Gasteiger partial charge in [-0.2, -0.15) is 0 Å². The molecule has 78 valence electrons. The summed E-state index contributed by atoms with van der Waals surface area (Å²) in [7, 11) is 0. The average Bonchev–Trinajstić information content (AvgIpc) is 2.60. The van der Waals surface area contributed by atoms with Crippen molar-refractivity contribution in [2.75, 3.05) is 13.2 Å². The third kappa shape index (κ3) is 2.38. The van der Waals surface area contributed by atoms with Gasteiger partial charge < -0.3 is 4.74 Å². The molecule has 0 spiro atoms. The molecule has 0 atom stereocenters. The predicted molar refractivity (Wildman–Crippen MR) is 51.3 cm³/mol. The van der Waals surface area contributed by atoms with Crippen molar-refractivity contribution in [1.29, 1.82) is 0 Å². The number of aromatic nitrogens is 3. The van der Waals surface area contributed by atoms with E-state index in [9.17, 15) is 4.79 Å². The van der Waals surface area contributed by atoms with Crippen LogP contribution in [0.5, 0.6) is 0 Å². The number of carbonyl (C=O) groups excluding carboxylic acids is 1. The Bertz CT molecular complexity index is 296. The number of aldehydes is 1. The van der Waals surface area contributed by atoms with E-state index >= 15 is 0 Å². The van der Waals surface area contributed by atoms with Crippen molar-refractivity contribution in [2.45, 2.75) is 26.8 Å². The van der Waals surface area contributed by atoms with Gasteiger partial charge in [0.05, 0.1) is 18.8 Å². The molecule has 0 fully saturated rings. The maximum absolute atomic E-state index is 10.6. The van der Waals surface area contributed by atoms with E-state index < -0.39 is 0 Å². The van der Waals surface area contributed by atoms with Gasteiger partial charge in [-0.25, -0.2) is 4.68 Å². The summed E-state index contributed by atoms with van der Waals surface area (Å²) < 4.78 is 6.92. The van der Waals surface area contributed by atoms with E-state index in [1.165, 1.54) is 0 Å². The molecular formula is C9H15N3O2. The molecule has 1 aromatic heterocycles. The zero-order valence-corrected chi connectivity index (χ0v) is 8.56. The van der Waals surface area contributed by atoms with Crippen molar-refractivity contribution in [1.82, 2.24) is 15.0 Å². The fraction of sp³-hybridized carbons (Fsp3) is 0.667. The molecule has 0 aliphatic carbocycles. The summed E-state index contributed by atoms with van der Waals surface area (Å²) >= 11 is 0. The van der Waals surface area contributed by atoms with Gasteiger partial charge >= 0.3 is 0 Å². The van der Waals surface area contributed by atoms with E-state index in [0.717, 1.165) is 18.4 Å². The van der Waals surface area contributed by atoms with Gasteiger partial charge in [0.25, 0.3) is 0 Å². The third-order valence-electron chi connectivity index (χ3n) is 1.97. The monoisotopic (exact) mass is 197 g/mol. The highest BCUT2D eigenvalue weighted by Crippen LogP contribution is 2.03. The molecule has 0 unspecified atom stereocenters. The lowest BCUT2D eigenvalue weighted by atomic mass is 10.3. The summed E-state index contributed by atoms with van der Waals surface area (Å²) in [4.78, 5) is 10.6. The van der Waals surface area contributed by atoms with E-state index in [2.05, 4.69) is 10.3 Å². The van der Waals surface area contributed by atoms with Crippen molar-refractivity contribution in [2.24, 2.45) is 0 Å². The Morgan fingerprint density at radius 3 is 2.86 bits per heavy atom. The van der Waals surface area contributed by atoms with Crippen LogP contribution in [0.4, 0.5) is 0 Å². The molecule has 0 saturated carbocycles. The summed E-state index contributed by atoms with van der Waals surface area (Å²) in [5, 5.41) is 7.66. The Hall–Kier alpha value is -1.23. The highest BCUT2D eigenvalue weighted by Gasteiger charge is 2.09. The van der Waals surface area contributed by atoms with Crippen LogP contribution in [-0.2, 0) is 17.7 Å². The van der Waals surface area contributed by atoms with Crippen LogP contribution in [-0.4, -0.2) is 34.5 Å². The number of carbonyl (C=O) groups is 1. The number of rotatable bonds is 6. The minimum absolute atomic E-state index is 0.434. The molecule has 5 nitrogen and oxygen atoms in total. The summed E-state index contributed by atoms with van der Waals surface area (Å²) in [6.07, 6.45) is 1.50. The zero-order chi connectivity index (χ0) is 10.4. The average molecular weight is 197 g/mol. The van der Waals surface area contributed by atoms with Crippen molar-refractivity contribution < 1.29 is 9.53 Å². The van der Waals surface area contributed by atoms with Gasteiger partial charge in [0.1, 0.15) is 5.69 Å². The topological polar surface area (TPSA) is 57.0 Å². The first-order valence-electron chi connectivity index (χ1n) is 4.78. The molecule has 1 heterocycles. The number of nitrogens with zero attached hydrogens (tertiary/aromatic N) is 3. The van der Waals surface area contributed by atoms with Crippen LogP contribution in [0.3, 0.4) is 0 Å². The lowest BCUT2D eigenvalue weighted by Crippen LogP contribution is -2.10. The first-order chi connectivity index (χ1) is 6.83. The van der Waals surface area contributed by atoms with E-state index in [4.69, 9.17) is 4.74 Å². The van der Waals surface area contributed by atoms with Gasteiger partial charge in [0.15, 0.2) is 6.29 Å². The van der Waals surface area contributed by atoms with Crippen LogP contribution in [0.2, 0.25) is 0 Å². The van der Waals surface area contributed by atoms with Crippen LogP contribution in [0.25, 0.3) is 0 Å².